The van der Waals surface area contributed by atoms with E-state index < -0.39 is 17.8 Å². The molecule has 0 aliphatic carbocycles. The number of carbonyl (C=O) groups excluding carboxylic acids is 2. The van der Waals surface area contributed by atoms with Crippen molar-refractivity contribution in [2.45, 2.75) is 0 Å². The van der Waals surface area contributed by atoms with Crippen molar-refractivity contribution < 1.29 is 14.0 Å². The van der Waals surface area contributed by atoms with Gasteiger partial charge < -0.3 is 16.0 Å². The first-order chi connectivity index (χ1) is 14.4. The molecule has 9 heteroatoms. The van der Waals surface area contributed by atoms with Gasteiger partial charge in [0.15, 0.2) is 0 Å². The molecule has 0 aliphatic heterocycles. The Morgan fingerprint density at radius 2 is 1.60 bits per heavy atom. The van der Waals surface area contributed by atoms with Crippen molar-refractivity contribution in [1.29, 1.82) is 0 Å². The summed E-state index contributed by atoms with van der Waals surface area (Å²) in [6.45, 7) is 0. The zero-order valence-corrected chi connectivity index (χ0v) is 17.5. The summed E-state index contributed by atoms with van der Waals surface area (Å²) in [6, 6.07) is 16.6. The molecular weight excluding hydrogens is 427 g/mol. The van der Waals surface area contributed by atoms with Gasteiger partial charge in [0.2, 0.25) is 0 Å². The third kappa shape index (κ3) is 5.22. The Morgan fingerprint density at radius 3 is 2.27 bits per heavy atom. The molecule has 0 fully saturated rings. The van der Waals surface area contributed by atoms with E-state index in [9.17, 15) is 14.0 Å². The molecule has 3 N–H and O–H groups in total. The molecule has 0 saturated heterocycles. The third-order valence-corrected chi connectivity index (χ3v) is 4.75. The zero-order valence-electron chi connectivity index (χ0n) is 15.8. The average Bonchev–Trinajstić information content (AvgIpc) is 2.73. The fourth-order valence-electron chi connectivity index (χ4n) is 2.63. The summed E-state index contributed by atoms with van der Waals surface area (Å²) in [5.41, 5.74) is 2.11. The summed E-state index contributed by atoms with van der Waals surface area (Å²) < 4.78 is 14.8. The minimum atomic E-state index is -0.604. The summed E-state index contributed by atoms with van der Waals surface area (Å²) in [7, 11) is 1.74. The van der Waals surface area contributed by atoms with Crippen molar-refractivity contribution in [2.75, 3.05) is 27.3 Å². The van der Waals surface area contributed by atoms with Crippen LogP contribution in [-0.2, 0) is 0 Å². The maximum absolute atomic E-state index is 13.7. The maximum atomic E-state index is 13.7. The van der Waals surface area contributed by atoms with Crippen LogP contribution in [0, 0.1) is 5.82 Å². The quantitative estimate of drug-likeness (QED) is 0.384. The molecule has 0 aromatic heterocycles. The van der Waals surface area contributed by atoms with E-state index in [-0.39, 0.29) is 5.56 Å². The molecule has 3 aromatic carbocycles. The minimum Gasteiger partial charge on any atom is -0.388 e. The largest absolute Gasteiger partial charge is 0.388 e. The summed E-state index contributed by atoms with van der Waals surface area (Å²) in [6.07, 6.45) is 0. The number of rotatable bonds is 5. The van der Waals surface area contributed by atoms with Crippen LogP contribution in [0.2, 0.25) is 5.02 Å². The van der Waals surface area contributed by atoms with E-state index in [2.05, 4.69) is 28.8 Å². The van der Waals surface area contributed by atoms with Crippen molar-refractivity contribution in [2.24, 2.45) is 0 Å². The van der Waals surface area contributed by atoms with Crippen molar-refractivity contribution in [1.82, 2.24) is 0 Å². The molecule has 30 heavy (non-hydrogen) atoms. The molecule has 0 aliphatic rings. The van der Waals surface area contributed by atoms with Crippen LogP contribution in [0.15, 0.2) is 66.7 Å². The van der Waals surface area contributed by atoms with E-state index in [1.807, 2.05) is 0 Å². The van der Waals surface area contributed by atoms with Gasteiger partial charge in [-0.1, -0.05) is 36.5 Å². The van der Waals surface area contributed by atoms with Gasteiger partial charge in [0.1, 0.15) is 5.82 Å². The molecule has 3 aromatic rings. The average molecular weight is 445 g/mol. The second-order valence-corrected chi connectivity index (χ2v) is 7.04. The zero-order chi connectivity index (χ0) is 21.7. The molecule has 0 radical (unpaired) electrons. The van der Waals surface area contributed by atoms with Gasteiger partial charge in [-0.15, -0.1) is 0 Å². The molecule has 3 rings (SSSR count). The highest BCUT2D eigenvalue weighted by atomic mass is 35.5. The first kappa shape index (κ1) is 21.5. The van der Waals surface area contributed by atoms with Gasteiger partial charge >= 0.3 is 6.03 Å². The van der Waals surface area contributed by atoms with Crippen LogP contribution < -0.4 is 20.3 Å². The SMILES string of the molecule is CNc1cc(Cl)cc(NC(=O)N(S)c2ccc(NC(=O)c3ccccc3F)cc2)c1. The molecule has 0 spiro atoms. The number of urea groups is 1. The lowest BCUT2D eigenvalue weighted by molar-refractivity contribution is 0.102. The van der Waals surface area contributed by atoms with E-state index in [4.69, 9.17) is 11.6 Å². The highest BCUT2D eigenvalue weighted by molar-refractivity contribution is 7.82. The number of thiol groups is 1. The highest BCUT2D eigenvalue weighted by Gasteiger charge is 2.14. The number of amides is 3. The molecular formula is C21H18ClFN4O2S. The Balaban J connectivity index is 1.66. The molecule has 0 heterocycles. The van der Waals surface area contributed by atoms with Crippen LogP contribution in [0.1, 0.15) is 10.4 Å². The molecule has 0 atom stereocenters. The number of anilines is 4. The van der Waals surface area contributed by atoms with Gasteiger partial charge in [0, 0.05) is 29.1 Å². The van der Waals surface area contributed by atoms with E-state index in [1.54, 1.807) is 55.6 Å². The summed E-state index contributed by atoms with van der Waals surface area (Å²) >= 11 is 10.3. The number of carbonyl (C=O) groups is 2. The molecule has 0 saturated carbocycles. The van der Waals surface area contributed by atoms with Gasteiger partial charge in [-0.05, 0) is 54.6 Å². The first-order valence-corrected chi connectivity index (χ1v) is 9.59. The van der Waals surface area contributed by atoms with Gasteiger partial charge in [-0.2, -0.15) is 0 Å². The lowest BCUT2D eigenvalue weighted by atomic mass is 10.2. The highest BCUT2D eigenvalue weighted by Crippen LogP contribution is 2.25. The standard InChI is InChI=1S/C21H18ClFN4O2S/c1-24-15-10-13(22)11-16(12-15)26-21(29)27(30)17-8-6-14(7-9-17)25-20(28)18-4-2-3-5-19(18)23/h2-12,24,30H,1H3,(H,25,28)(H,26,29). The molecule has 0 bridgehead atoms. The van der Waals surface area contributed by atoms with E-state index in [0.717, 1.165) is 9.99 Å². The van der Waals surface area contributed by atoms with Crippen molar-refractivity contribution in [3.8, 4) is 0 Å². The number of nitrogens with one attached hydrogen (secondary N) is 3. The summed E-state index contributed by atoms with van der Waals surface area (Å²) in [5, 5.41) is 8.74. The topological polar surface area (TPSA) is 73.5 Å². The summed E-state index contributed by atoms with van der Waals surface area (Å²) in [5.74, 6) is -1.17. The number of halogens is 2. The molecule has 0 unspecified atom stereocenters. The fraction of sp³-hybridized carbons (Fsp3) is 0.0476. The van der Waals surface area contributed by atoms with Gasteiger partial charge in [-0.3, -0.25) is 4.79 Å². The Kier molecular flexibility index (Phi) is 6.81. The first-order valence-electron chi connectivity index (χ1n) is 8.81. The lowest BCUT2D eigenvalue weighted by Crippen LogP contribution is -2.26. The third-order valence-electron chi connectivity index (χ3n) is 4.12. The molecule has 154 valence electrons. The van der Waals surface area contributed by atoms with Gasteiger partial charge in [-0.25, -0.2) is 13.5 Å². The Bertz CT molecular complexity index is 1080. The van der Waals surface area contributed by atoms with Crippen LogP contribution in [0.5, 0.6) is 0 Å². The van der Waals surface area contributed by atoms with E-state index in [1.165, 1.54) is 18.2 Å². The monoisotopic (exact) mass is 444 g/mol. The second-order valence-electron chi connectivity index (χ2n) is 6.20. The maximum Gasteiger partial charge on any atom is 0.336 e. The lowest BCUT2D eigenvalue weighted by Gasteiger charge is -2.17. The number of nitrogens with zero attached hydrogens (tertiary/aromatic N) is 1. The Morgan fingerprint density at radius 1 is 0.933 bits per heavy atom. The van der Waals surface area contributed by atoms with Crippen LogP contribution in [0.4, 0.5) is 31.9 Å². The fourth-order valence-corrected chi connectivity index (χ4v) is 3.05. The Hall–Kier alpha value is -3.23. The van der Waals surface area contributed by atoms with Crippen LogP contribution in [-0.4, -0.2) is 19.0 Å². The van der Waals surface area contributed by atoms with E-state index >= 15 is 0 Å². The predicted molar refractivity (Wildman–Crippen MR) is 122 cm³/mol. The van der Waals surface area contributed by atoms with Gasteiger partial charge in [0.25, 0.3) is 5.91 Å². The van der Waals surface area contributed by atoms with Crippen molar-refractivity contribution in [3.63, 3.8) is 0 Å². The number of hydrogen-bond donors (Lipinski definition) is 4. The van der Waals surface area contributed by atoms with Crippen molar-refractivity contribution in [3.05, 3.63) is 83.1 Å². The summed E-state index contributed by atoms with van der Waals surface area (Å²) in [4.78, 5) is 24.7. The van der Waals surface area contributed by atoms with E-state index in [0.29, 0.717) is 22.1 Å². The number of benzene rings is 3. The minimum absolute atomic E-state index is 0.0563. The molecule has 6 nitrogen and oxygen atoms in total. The predicted octanol–water partition coefficient (Wildman–Crippen LogP) is 5.66. The second kappa shape index (κ2) is 9.51. The van der Waals surface area contributed by atoms with Crippen LogP contribution in [0.25, 0.3) is 0 Å². The van der Waals surface area contributed by atoms with Crippen LogP contribution in [0.3, 0.4) is 0 Å². The molecule has 3 amide bonds. The smallest absolute Gasteiger partial charge is 0.336 e. The van der Waals surface area contributed by atoms with Crippen LogP contribution >= 0.6 is 24.4 Å². The number of hydrogen-bond acceptors (Lipinski definition) is 4. The van der Waals surface area contributed by atoms with Crippen molar-refractivity contribution >= 4 is 59.1 Å². The Labute approximate surface area is 183 Å². The van der Waals surface area contributed by atoms with Gasteiger partial charge in [0.05, 0.1) is 11.3 Å². The normalized spacial score (nSPS) is 10.3.